The lowest BCUT2D eigenvalue weighted by molar-refractivity contribution is -0.137. The maximum Gasteiger partial charge on any atom is 0.313 e. The number of hydrogen-bond acceptors (Lipinski definition) is 4. The Hall–Kier alpha value is -2.22. The van der Waals surface area contributed by atoms with E-state index in [2.05, 4.69) is 10.6 Å². The molecule has 0 spiro atoms. The zero-order valence-electron chi connectivity index (χ0n) is 14.4. The van der Waals surface area contributed by atoms with Gasteiger partial charge in [-0.2, -0.15) is 0 Å². The van der Waals surface area contributed by atoms with Gasteiger partial charge in [0.15, 0.2) is 0 Å². The molecule has 142 valence electrons. The third kappa shape index (κ3) is 4.30. The van der Waals surface area contributed by atoms with Gasteiger partial charge >= 0.3 is 11.8 Å². The second-order valence-corrected chi connectivity index (χ2v) is 7.14. The molecule has 1 aliphatic carbocycles. The summed E-state index contributed by atoms with van der Waals surface area (Å²) >= 11 is 0. The molecular weight excluding hydrogens is 344 g/mol. The van der Waals surface area contributed by atoms with Crippen LogP contribution in [-0.4, -0.2) is 48.8 Å². The monoisotopic (exact) mass is 367 g/mol. The van der Waals surface area contributed by atoms with Crippen LogP contribution in [0.3, 0.4) is 0 Å². The third-order valence-corrected chi connectivity index (χ3v) is 4.95. The standard InChI is InChI=1S/C18H23F2N3O3/c19-13-5-14(7-15(6-13)23-3-1-2-4-23)22-17(26)16(25)21-11-18(20)8-12(9-18)10-24/h5-7,12,24H,1-4,8-11H2,(H,21,25)(H,22,26). The molecule has 0 radical (unpaired) electrons. The first kappa shape index (κ1) is 18.6. The number of rotatable bonds is 5. The van der Waals surface area contributed by atoms with Crippen molar-refractivity contribution in [2.75, 3.05) is 36.5 Å². The zero-order chi connectivity index (χ0) is 18.7. The van der Waals surface area contributed by atoms with Gasteiger partial charge in [-0.15, -0.1) is 0 Å². The van der Waals surface area contributed by atoms with Crippen LogP contribution in [-0.2, 0) is 9.59 Å². The van der Waals surface area contributed by atoms with Crippen LogP contribution >= 0.6 is 0 Å². The minimum atomic E-state index is -1.58. The SMILES string of the molecule is O=C(NCC1(F)CC(CO)C1)C(=O)Nc1cc(F)cc(N2CCCC2)c1. The first-order chi connectivity index (χ1) is 12.4. The number of anilines is 2. The number of aliphatic hydroxyl groups is 1. The fourth-order valence-electron chi connectivity index (χ4n) is 3.56. The number of hydrogen-bond donors (Lipinski definition) is 3. The van der Waals surface area contributed by atoms with E-state index in [4.69, 9.17) is 5.11 Å². The van der Waals surface area contributed by atoms with Crippen LogP contribution in [0.5, 0.6) is 0 Å². The fourth-order valence-corrected chi connectivity index (χ4v) is 3.56. The molecule has 1 heterocycles. The van der Waals surface area contributed by atoms with Crippen LogP contribution in [0.1, 0.15) is 25.7 Å². The molecule has 26 heavy (non-hydrogen) atoms. The maximum atomic E-state index is 14.2. The van der Waals surface area contributed by atoms with E-state index in [9.17, 15) is 18.4 Å². The van der Waals surface area contributed by atoms with E-state index in [0.717, 1.165) is 32.0 Å². The quantitative estimate of drug-likeness (QED) is 0.691. The molecule has 0 aromatic heterocycles. The molecule has 1 saturated carbocycles. The average Bonchev–Trinajstić information content (AvgIpc) is 3.11. The summed E-state index contributed by atoms with van der Waals surface area (Å²) in [6.45, 7) is 1.28. The smallest absolute Gasteiger partial charge is 0.313 e. The highest BCUT2D eigenvalue weighted by atomic mass is 19.1. The summed E-state index contributed by atoms with van der Waals surface area (Å²) in [7, 11) is 0. The summed E-state index contributed by atoms with van der Waals surface area (Å²) < 4.78 is 28.0. The highest BCUT2D eigenvalue weighted by molar-refractivity contribution is 6.39. The van der Waals surface area contributed by atoms with Crippen molar-refractivity contribution in [3.05, 3.63) is 24.0 Å². The van der Waals surface area contributed by atoms with Crippen LogP contribution in [0.4, 0.5) is 20.2 Å². The van der Waals surface area contributed by atoms with Gasteiger partial charge < -0.3 is 20.6 Å². The highest BCUT2D eigenvalue weighted by Crippen LogP contribution is 2.40. The lowest BCUT2D eigenvalue weighted by Gasteiger charge is -2.40. The number of halogens is 2. The molecule has 1 aromatic carbocycles. The summed E-state index contributed by atoms with van der Waals surface area (Å²) in [5.74, 6) is -2.54. The van der Waals surface area contributed by atoms with Crippen molar-refractivity contribution in [1.29, 1.82) is 0 Å². The van der Waals surface area contributed by atoms with Crippen LogP contribution in [0.25, 0.3) is 0 Å². The summed E-state index contributed by atoms with van der Waals surface area (Å²) in [5, 5.41) is 13.5. The van der Waals surface area contributed by atoms with Gasteiger partial charge in [-0.05, 0) is 49.8 Å². The first-order valence-electron chi connectivity index (χ1n) is 8.83. The summed E-state index contributed by atoms with van der Waals surface area (Å²) in [6, 6.07) is 4.15. The number of aliphatic hydroxyl groups excluding tert-OH is 1. The van der Waals surface area contributed by atoms with Crippen molar-refractivity contribution in [1.82, 2.24) is 5.32 Å². The number of amides is 2. The van der Waals surface area contributed by atoms with Crippen molar-refractivity contribution >= 4 is 23.2 Å². The minimum absolute atomic E-state index is 0.0843. The molecule has 0 bridgehead atoms. The van der Waals surface area contributed by atoms with Crippen molar-refractivity contribution in [2.45, 2.75) is 31.4 Å². The lowest BCUT2D eigenvalue weighted by atomic mass is 9.72. The minimum Gasteiger partial charge on any atom is -0.396 e. The van der Waals surface area contributed by atoms with Gasteiger partial charge in [0.2, 0.25) is 0 Å². The van der Waals surface area contributed by atoms with Gasteiger partial charge in [-0.1, -0.05) is 0 Å². The Morgan fingerprint density at radius 2 is 1.88 bits per heavy atom. The van der Waals surface area contributed by atoms with Crippen LogP contribution < -0.4 is 15.5 Å². The lowest BCUT2D eigenvalue weighted by Crippen LogP contribution is -2.51. The molecule has 2 amide bonds. The summed E-state index contributed by atoms with van der Waals surface area (Å²) in [4.78, 5) is 25.9. The molecule has 2 fully saturated rings. The van der Waals surface area contributed by atoms with Crippen molar-refractivity contribution in [3.63, 3.8) is 0 Å². The van der Waals surface area contributed by atoms with Crippen molar-refractivity contribution < 1.29 is 23.5 Å². The number of carbonyl (C=O) groups excluding carboxylic acids is 2. The molecule has 1 aromatic rings. The Morgan fingerprint density at radius 1 is 1.19 bits per heavy atom. The Morgan fingerprint density at radius 3 is 2.54 bits per heavy atom. The first-order valence-corrected chi connectivity index (χ1v) is 8.83. The van der Waals surface area contributed by atoms with Gasteiger partial charge in [0, 0.05) is 31.1 Å². The predicted octanol–water partition coefficient (Wildman–Crippen LogP) is 1.59. The second-order valence-electron chi connectivity index (χ2n) is 7.14. The van der Waals surface area contributed by atoms with E-state index < -0.39 is 23.3 Å². The molecule has 2 aliphatic rings. The van der Waals surface area contributed by atoms with Gasteiger partial charge in [0.25, 0.3) is 0 Å². The van der Waals surface area contributed by atoms with Gasteiger partial charge in [-0.25, -0.2) is 8.78 Å². The third-order valence-electron chi connectivity index (χ3n) is 4.95. The van der Waals surface area contributed by atoms with Gasteiger partial charge in [-0.3, -0.25) is 9.59 Å². The Bertz CT molecular complexity index is 686. The Labute approximate surface area is 150 Å². The van der Waals surface area contributed by atoms with Gasteiger partial charge in [0.1, 0.15) is 11.5 Å². The largest absolute Gasteiger partial charge is 0.396 e. The molecular formula is C18H23F2N3O3. The van der Waals surface area contributed by atoms with E-state index in [1.807, 2.05) is 4.90 Å². The van der Waals surface area contributed by atoms with Gasteiger partial charge in [0.05, 0.1) is 6.54 Å². The highest BCUT2D eigenvalue weighted by Gasteiger charge is 2.44. The normalized spacial score (nSPS) is 24.9. The second kappa shape index (κ2) is 7.57. The molecule has 1 saturated heterocycles. The fraction of sp³-hybridized carbons (Fsp3) is 0.556. The van der Waals surface area contributed by atoms with Crippen LogP contribution in [0, 0.1) is 11.7 Å². The number of alkyl halides is 1. The van der Waals surface area contributed by atoms with Crippen molar-refractivity contribution in [2.24, 2.45) is 5.92 Å². The summed E-state index contributed by atoms with van der Waals surface area (Å²) in [6.07, 6.45) is 2.38. The molecule has 6 nitrogen and oxygen atoms in total. The van der Waals surface area contributed by atoms with Crippen LogP contribution in [0.15, 0.2) is 18.2 Å². The van der Waals surface area contributed by atoms with Crippen LogP contribution in [0.2, 0.25) is 0 Å². The van der Waals surface area contributed by atoms with E-state index in [-0.39, 0.29) is 37.6 Å². The molecule has 3 N–H and O–H groups in total. The maximum absolute atomic E-state index is 14.2. The summed E-state index contributed by atoms with van der Waals surface area (Å²) in [5.41, 5.74) is -0.734. The number of carbonyl (C=O) groups is 2. The Kier molecular flexibility index (Phi) is 5.41. The molecule has 1 aliphatic heterocycles. The van der Waals surface area contributed by atoms with Crippen molar-refractivity contribution in [3.8, 4) is 0 Å². The molecule has 8 heteroatoms. The molecule has 0 unspecified atom stereocenters. The average molecular weight is 367 g/mol. The van der Waals surface area contributed by atoms with E-state index in [1.165, 1.54) is 6.07 Å². The van der Waals surface area contributed by atoms with E-state index in [0.29, 0.717) is 5.69 Å². The molecule has 3 rings (SSSR count). The topological polar surface area (TPSA) is 81.7 Å². The molecule has 0 atom stereocenters. The predicted molar refractivity (Wildman–Crippen MR) is 93.1 cm³/mol. The zero-order valence-corrected chi connectivity index (χ0v) is 14.4. The van der Waals surface area contributed by atoms with E-state index in [1.54, 1.807) is 6.07 Å². The number of benzene rings is 1. The Balaban J connectivity index is 1.54. The number of nitrogens with one attached hydrogen (secondary N) is 2. The number of nitrogens with zero attached hydrogens (tertiary/aromatic N) is 1. The van der Waals surface area contributed by atoms with E-state index >= 15 is 0 Å².